The average molecular weight is 409 g/mol. The van der Waals surface area contributed by atoms with Crippen molar-refractivity contribution in [3.63, 3.8) is 0 Å². The highest BCUT2D eigenvalue weighted by Gasteiger charge is 2.17. The maximum atomic E-state index is 12.5. The Morgan fingerprint density at radius 2 is 1.90 bits per heavy atom. The third-order valence-electron chi connectivity index (χ3n) is 4.54. The first-order valence-corrected chi connectivity index (χ1v) is 10.2. The first-order valence-electron chi connectivity index (χ1n) is 9.30. The average Bonchev–Trinajstić information content (AvgIpc) is 3.14. The van der Waals surface area contributed by atoms with Gasteiger partial charge in [-0.1, -0.05) is 17.7 Å². The third kappa shape index (κ3) is 5.26. The van der Waals surface area contributed by atoms with Crippen LogP contribution < -0.4 is 5.32 Å². The van der Waals surface area contributed by atoms with E-state index < -0.39 is 0 Å². The Balaban J connectivity index is 1.58. The molecule has 0 bridgehead atoms. The molecule has 7 heteroatoms. The lowest BCUT2D eigenvalue weighted by molar-refractivity contribution is -0.132. The lowest BCUT2D eigenvalue weighted by atomic mass is 10.1. The van der Waals surface area contributed by atoms with E-state index in [1.165, 1.54) is 16.2 Å². The summed E-state index contributed by atoms with van der Waals surface area (Å²) in [6.07, 6.45) is 3.61. The maximum absolute atomic E-state index is 12.5. The number of likely N-dealkylation sites (N-methyl/N-ethyl adjacent to an activating group) is 1. The Labute approximate surface area is 174 Å². The minimum Gasteiger partial charge on any atom is -0.336 e. The number of aryl methyl sites for hydroxylation is 3. The van der Waals surface area contributed by atoms with Crippen LogP contribution in [0.1, 0.15) is 22.4 Å². The summed E-state index contributed by atoms with van der Waals surface area (Å²) < 4.78 is 0. The number of hydrogen-bond donors (Lipinski definition) is 1. The summed E-state index contributed by atoms with van der Waals surface area (Å²) in [6, 6.07) is 7.84. The number of rotatable bonds is 6. The summed E-state index contributed by atoms with van der Waals surface area (Å²) in [5, 5.41) is 5.62. The van der Waals surface area contributed by atoms with E-state index in [-0.39, 0.29) is 24.8 Å². The van der Waals surface area contributed by atoms with Crippen molar-refractivity contribution in [2.45, 2.75) is 27.2 Å². The summed E-state index contributed by atoms with van der Waals surface area (Å²) in [7, 11) is 1.63. The van der Waals surface area contributed by atoms with E-state index in [9.17, 15) is 9.59 Å². The molecule has 0 spiro atoms. The fourth-order valence-electron chi connectivity index (χ4n) is 3.16. The van der Waals surface area contributed by atoms with E-state index in [0.29, 0.717) is 5.69 Å². The molecule has 3 aromatic rings. The first-order chi connectivity index (χ1) is 13.8. The van der Waals surface area contributed by atoms with Gasteiger partial charge in [0.1, 0.15) is 5.01 Å². The molecular weight excluding hydrogens is 384 g/mol. The summed E-state index contributed by atoms with van der Waals surface area (Å²) >= 11 is 1.48. The molecule has 0 aliphatic heterocycles. The van der Waals surface area contributed by atoms with Gasteiger partial charge in [0.25, 0.3) is 0 Å². The molecule has 0 saturated carbocycles. The van der Waals surface area contributed by atoms with Crippen LogP contribution in [0.25, 0.3) is 10.6 Å². The molecule has 2 heterocycles. The number of thiazole rings is 1. The summed E-state index contributed by atoms with van der Waals surface area (Å²) in [6.45, 7) is 5.94. The normalized spacial score (nSPS) is 10.6. The fourth-order valence-corrected chi connectivity index (χ4v) is 3.97. The van der Waals surface area contributed by atoms with E-state index in [1.54, 1.807) is 19.4 Å². The van der Waals surface area contributed by atoms with Crippen LogP contribution >= 0.6 is 11.3 Å². The standard InChI is InChI=1S/C22H24N4O2S/c1-14-8-15(2)21(16(3)9-14)25-19(27)12-26(4)20(28)10-18-13-29-22(24-18)17-6-5-7-23-11-17/h5-9,11,13H,10,12H2,1-4H3,(H,25,27). The molecule has 150 valence electrons. The van der Waals surface area contributed by atoms with Crippen molar-refractivity contribution in [2.75, 3.05) is 18.9 Å². The number of carbonyl (C=O) groups excluding carboxylic acids is 2. The molecule has 0 aliphatic rings. The Kier molecular flexibility index (Phi) is 6.39. The van der Waals surface area contributed by atoms with Crippen molar-refractivity contribution in [1.29, 1.82) is 0 Å². The predicted octanol–water partition coefficient (Wildman–Crippen LogP) is 3.77. The van der Waals surface area contributed by atoms with Crippen LogP contribution in [0.3, 0.4) is 0 Å². The van der Waals surface area contributed by atoms with Gasteiger partial charge in [0.15, 0.2) is 0 Å². The van der Waals surface area contributed by atoms with Gasteiger partial charge in [-0.25, -0.2) is 4.98 Å². The van der Waals surface area contributed by atoms with Gasteiger partial charge >= 0.3 is 0 Å². The monoisotopic (exact) mass is 408 g/mol. The van der Waals surface area contributed by atoms with E-state index in [1.807, 2.05) is 50.4 Å². The molecule has 0 saturated heterocycles. The Bertz CT molecular complexity index is 1010. The van der Waals surface area contributed by atoms with Gasteiger partial charge in [-0.3, -0.25) is 14.6 Å². The van der Waals surface area contributed by atoms with E-state index >= 15 is 0 Å². The van der Waals surface area contributed by atoms with Gasteiger partial charge in [-0.15, -0.1) is 11.3 Å². The van der Waals surface area contributed by atoms with Crippen LogP contribution in [0.5, 0.6) is 0 Å². The second kappa shape index (κ2) is 8.96. The third-order valence-corrected chi connectivity index (χ3v) is 5.48. The topological polar surface area (TPSA) is 75.2 Å². The number of nitrogens with one attached hydrogen (secondary N) is 1. The van der Waals surface area contributed by atoms with Crippen molar-refractivity contribution in [3.8, 4) is 10.6 Å². The zero-order valence-corrected chi connectivity index (χ0v) is 17.8. The number of anilines is 1. The number of benzene rings is 1. The van der Waals surface area contributed by atoms with E-state index in [2.05, 4.69) is 15.3 Å². The molecule has 1 aromatic carbocycles. The summed E-state index contributed by atoms with van der Waals surface area (Å²) in [5.41, 5.74) is 5.59. The number of carbonyl (C=O) groups is 2. The van der Waals surface area contributed by atoms with Gasteiger partial charge in [-0.05, 0) is 44.0 Å². The minimum atomic E-state index is -0.217. The molecule has 29 heavy (non-hydrogen) atoms. The predicted molar refractivity (Wildman–Crippen MR) is 116 cm³/mol. The highest BCUT2D eigenvalue weighted by atomic mass is 32.1. The molecule has 6 nitrogen and oxygen atoms in total. The highest BCUT2D eigenvalue weighted by molar-refractivity contribution is 7.13. The maximum Gasteiger partial charge on any atom is 0.243 e. The Hall–Kier alpha value is -3.06. The lowest BCUT2D eigenvalue weighted by Crippen LogP contribution is -2.36. The molecular formula is C22H24N4O2S. The SMILES string of the molecule is Cc1cc(C)c(NC(=O)CN(C)C(=O)Cc2csc(-c3cccnc3)n2)c(C)c1. The van der Waals surface area contributed by atoms with Gasteiger partial charge in [0.05, 0.1) is 18.7 Å². The highest BCUT2D eigenvalue weighted by Crippen LogP contribution is 2.23. The van der Waals surface area contributed by atoms with Crippen molar-refractivity contribution >= 4 is 28.8 Å². The van der Waals surface area contributed by atoms with E-state index in [0.717, 1.165) is 32.9 Å². The van der Waals surface area contributed by atoms with Crippen LogP contribution in [-0.2, 0) is 16.0 Å². The number of aromatic nitrogens is 2. The molecule has 0 unspecified atom stereocenters. The molecule has 2 amide bonds. The van der Waals surface area contributed by atoms with Crippen LogP contribution in [0.15, 0.2) is 42.0 Å². The van der Waals surface area contributed by atoms with Crippen LogP contribution in [-0.4, -0.2) is 40.3 Å². The van der Waals surface area contributed by atoms with Crippen LogP contribution in [0.4, 0.5) is 5.69 Å². The molecule has 0 atom stereocenters. The first kappa shape index (κ1) is 20.7. The number of nitrogens with zero attached hydrogens (tertiary/aromatic N) is 3. The second-order valence-electron chi connectivity index (χ2n) is 7.13. The van der Waals surface area contributed by atoms with Gasteiger partial charge in [-0.2, -0.15) is 0 Å². The van der Waals surface area contributed by atoms with Crippen molar-refractivity contribution in [1.82, 2.24) is 14.9 Å². The Morgan fingerprint density at radius 1 is 1.17 bits per heavy atom. The smallest absolute Gasteiger partial charge is 0.243 e. The molecule has 1 N–H and O–H groups in total. The number of hydrogen-bond acceptors (Lipinski definition) is 5. The second-order valence-corrected chi connectivity index (χ2v) is 7.99. The zero-order chi connectivity index (χ0) is 21.0. The van der Waals surface area contributed by atoms with Crippen LogP contribution in [0, 0.1) is 20.8 Å². The lowest BCUT2D eigenvalue weighted by Gasteiger charge is -2.18. The van der Waals surface area contributed by atoms with Crippen molar-refractivity contribution in [3.05, 3.63) is 64.4 Å². The van der Waals surface area contributed by atoms with Crippen LogP contribution in [0.2, 0.25) is 0 Å². The minimum absolute atomic E-state index is 0.00874. The summed E-state index contributed by atoms with van der Waals surface area (Å²) in [5.74, 6) is -0.370. The molecule has 0 aliphatic carbocycles. The number of amides is 2. The largest absolute Gasteiger partial charge is 0.336 e. The van der Waals surface area contributed by atoms with E-state index in [4.69, 9.17) is 0 Å². The molecule has 2 aromatic heterocycles. The Morgan fingerprint density at radius 3 is 2.55 bits per heavy atom. The summed E-state index contributed by atoms with van der Waals surface area (Å²) in [4.78, 5) is 35.0. The zero-order valence-electron chi connectivity index (χ0n) is 17.0. The molecule has 3 rings (SSSR count). The quantitative estimate of drug-likeness (QED) is 0.674. The van der Waals surface area contributed by atoms with Gasteiger partial charge in [0.2, 0.25) is 11.8 Å². The van der Waals surface area contributed by atoms with Gasteiger partial charge < -0.3 is 10.2 Å². The van der Waals surface area contributed by atoms with Crippen molar-refractivity contribution in [2.24, 2.45) is 0 Å². The molecule has 0 radical (unpaired) electrons. The van der Waals surface area contributed by atoms with Gasteiger partial charge in [0, 0.05) is 36.1 Å². The molecule has 0 fully saturated rings. The fraction of sp³-hybridized carbons (Fsp3) is 0.273. The van der Waals surface area contributed by atoms with Crippen molar-refractivity contribution < 1.29 is 9.59 Å². The number of pyridine rings is 1.